The van der Waals surface area contributed by atoms with Crippen LogP contribution in [-0.2, 0) is 11.8 Å². The lowest BCUT2D eigenvalue weighted by Gasteiger charge is -2.13. The van der Waals surface area contributed by atoms with E-state index in [9.17, 15) is 4.79 Å². The number of rotatable bonds is 7. The lowest BCUT2D eigenvalue weighted by Crippen LogP contribution is -2.15. The summed E-state index contributed by atoms with van der Waals surface area (Å²) >= 11 is 7.50. The molecule has 146 valence electrons. The Labute approximate surface area is 172 Å². The number of halogens is 1. The van der Waals surface area contributed by atoms with E-state index in [-0.39, 0.29) is 11.7 Å². The summed E-state index contributed by atoms with van der Waals surface area (Å²) < 4.78 is 12.4. The van der Waals surface area contributed by atoms with Gasteiger partial charge in [-0.15, -0.1) is 0 Å². The molecular formula is C20H20ClN3O3S. The van der Waals surface area contributed by atoms with Crippen molar-refractivity contribution in [2.24, 2.45) is 7.05 Å². The van der Waals surface area contributed by atoms with Gasteiger partial charge in [0, 0.05) is 13.1 Å². The van der Waals surface area contributed by atoms with E-state index < -0.39 is 0 Å². The Hall–Kier alpha value is -2.64. The third-order valence-corrected chi connectivity index (χ3v) is 5.43. The number of hydrogen-bond acceptors (Lipinski definition) is 5. The fourth-order valence-electron chi connectivity index (χ4n) is 2.68. The number of imidazole rings is 1. The standard InChI is InChI=1S/C20H20ClN3O3S/c1-24-16(13-7-5-4-6-8-13)11-22-20(24)28-12-19(25)23-15-9-14(21)17(26-2)10-18(15)27-3/h4-11H,12H2,1-3H3,(H,23,25). The number of carbonyl (C=O) groups excluding carboxylic acids is 1. The Morgan fingerprint density at radius 2 is 1.89 bits per heavy atom. The van der Waals surface area contributed by atoms with E-state index in [1.165, 1.54) is 26.0 Å². The number of ether oxygens (including phenoxy) is 2. The van der Waals surface area contributed by atoms with E-state index in [4.69, 9.17) is 21.1 Å². The summed E-state index contributed by atoms with van der Waals surface area (Å²) in [7, 11) is 4.97. The van der Waals surface area contributed by atoms with Crippen molar-refractivity contribution in [3.05, 3.63) is 53.7 Å². The van der Waals surface area contributed by atoms with E-state index in [1.807, 2.05) is 48.1 Å². The third kappa shape index (κ3) is 4.43. The van der Waals surface area contributed by atoms with Gasteiger partial charge in [-0.2, -0.15) is 0 Å². The molecular weight excluding hydrogens is 398 g/mol. The molecule has 0 bridgehead atoms. The quantitative estimate of drug-likeness (QED) is 0.574. The van der Waals surface area contributed by atoms with Crippen molar-refractivity contribution in [2.75, 3.05) is 25.3 Å². The van der Waals surface area contributed by atoms with Gasteiger partial charge in [0.25, 0.3) is 0 Å². The molecule has 0 spiro atoms. The molecule has 0 unspecified atom stereocenters. The average Bonchev–Trinajstić information content (AvgIpc) is 3.07. The summed E-state index contributed by atoms with van der Waals surface area (Å²) in [5.74, 6) is 0.968. The van der Waals surface area contributed by atoms with Gasteiger partial charge < -0.3 is 19.4 Å². The minimum atomic E-state index is -0.186. The summed E-state index contributed by atoms with van der Waals surface area (Å²) in [6.07, 6.45) is 1.81. The molecule has 0 fully saturated rings. The van der Waals surface area contributed by atoms with Crippen LogP contribution in [0.1, 0.15) is 0 Å². The van der Waals surface area contributed by atoms with Gasteiger partial charge in [0.2, 0.25) is 5.91 Å². The second kappa shape index (κ2) is 9.03. The van der Waals surface area contributed by atoms with Crippen LogP contribution in [0, 0.1) is 0 Å². The van der Waals surface area contributed by atoms with Gasteiger partial charge >= 0.3 is 0 Å². The van der Waals surface area contributed by atoms with Crippen LogP contribution in [0.5, 0.6) is 11.5 Å². The molecule has 0 atom stereocenters. The van der Waals surface area contributed by atoms with Gasteiger partial charge in [-0.3, -0.25) is 4.79 Å². The molecule has 0 saturated carbocycles. The average molecular weight is 418 g/mol. The van der Waals surface area contributed by atoms with Crippen LogP contribution in [0.3, 0.4) is 0 Å². The molecule has 8 heteroatoms. The fourth-order valence-corrected chi connectivity index (χ4v) is 3.67. The minimum absolute atomic E-state index is 0.186. The number of anilines is 1. The molecule has 0 radical (unpaired) electrons. The zero-order chi connectivity index (χ0) is 20.1. The van der Waals surface area contributed by atoms with Gasteiger partial charge in [-0.1, -0.05) is 53.7 Å². The first-order chi connectivity index (χ1) is 13.5. The van der Waals surface area contributed by atoms with Crippen LogP contribution in [-0.4, -0.2) is 35.4 Å². The predicted octanol–water partition coefficient (Wildman–Crippen LogP) is 4.49. The van der Waals surface area contributed by atoms with Gasteiger partial charge in [0.1, 0.15) is 11.5 Å². The first-order valence-corrected chi connectivity index (χ1v) is 9.81. The molecule has 0 aliphatic heterocycles. The molecule has 1 amide bonds. The van der Waals surface area contributed by atoms with Crippen molar-refractivity contribution >= 4 is 35.0 Å². The van der Waals surface area contributed by atoms with Crippen molar-refractivity contribution in [3.8, 4) is 22.8 Å². The molecule has 2 aromatic carbocycles. The molecule has 6 nitrogen and oxygen atoms in total. The zero-order valence-electron chi connectivity index (χ0n) is 15.7. The second-order valence-corrected chi connectivity index (χ2v) is 7.22. The van der Waals surface area contributed by atoms with Crippen LogP contribution in [0.2, 0.25) is 5.02 Å². The Bertz CT molecular complexity index is 976. The molecule has 0 saturated heterocycles. The Morgan fingerprint density at radius 3 is 2.57 bits per heavy atom. The Morgan fingerprint density at radius 1 is 1.18 bits per heavy atom. The molecule has 3 aromatic rings. The number of thioether (sulfide) groups is 1. The fraction of sp³-hybridized carbons (Fsp3) is 0.200. The van der Waals surface area contributed by atoms with E-state index >= 15 is 0 Å². The molecule has 0 aliphatic carbocycles. The number of nitrogens with zero attached hydrogens (tertiary/aromatic N) is 2. The van der Waals surface area contributed by atoms with Crippen LogP contribution in [0.25, 0.3) is 11.3 Å². The number of benzene rings is 2. The maximum absolute atomic E-state index is 12.4. The SMILES string of the molecule is COc1cc(OC)c(NC(=O)CSc2ncc(-c3ccccc3)n2C)cc1Cl. The summed E-state index contributed by atoms with van der Waals surface area (Å²) in [5.41, 5.74) is 2.56. The first kappa shape index (κ1) is 20.1. The second-order valence-electron chi connectivity index (χ2n) is 5.87. The van der Waals surface area contributed by atoms with Crippen molar-refractivity contribution < 1.29 is 14.3 Å². The molecule has 28 heavy (non-hydrogen) atoms. The maximum atomic E-state index is 12.4. The highest BCUT2D eigenvalue weighted by Gasteiger charge is 2.14. The third-order valence-electron chi connectivity index (χ3n) is 4.10. The van der Waals surface area contributed by atoms with Crippen LogP contribution in [0.15, 0.2) is 53.8 Å². The van der Waals surface area contributed by atoms with Crippen molar-refractivity contribution in [3.63, 3.8) is 0 Å². The Balaban J connectivity index is 1.67. The summed E-state index contributed by atoms with van der Waals surface area (Å²) in [4.78, 5) is 16.8. The van der Waals surface area contributed by atoms with Gasteiger partial charge in [-0.25, -0.2) is 4.98 Å². The summed E-state index contributed by atoms with van der Waals surface area (Å²) in [6.45, 7) is 0. The van der Waals surface area contributed by atoms with E-state index in [1.54, 1.807) is 12.1 Å². The van der Waals surface area contributed by atoms with Crippen LogP contribution >= 0.6 is 23.4 Å². The molecule has 0 aliphatic rings. The topological polar surface area (TPSA) is 65.4 Å². The molecule has 1 N–H and O–H groups in total. The predicted molar refractivity (Wildman–Crippen MR) is 113 cm³/mol. The number of carbonyl (C=O) groups is 1. The number of aromatic nitrogens is 2. The normalized spacial score (nSPS) is 10.6. The number of methoxy groups -OCH3 is 2. The highest BCUT2D eigenvalue weighted by atomic mass is 35.5. The van der Waals surface area contributed by atoms with E-state index in [0.29, 0.717) is 22.2 Å². The monoisotopic (exact) mass is 417 g/mol. The van der Waals surface area contributed by atoms with Crippen molar-refractivity contribution in [1.82, 2.24) is 9.55 Å². The van der Waals surface area contributed by atoms with Gasteiger partial charge in [0.05, 0.1) is 42.6 Å². The smallest absolute Gasteiger partial charge is 0.234 e. The lowest BCUT2D eigenvalue weighted by atomic mass is 10.2. The van der Waals surface area contributed by atoms with Crippen LogP contribution < -0.4 is 14.8 Å². The van der Waals surface area contributed by atoms with Gasteiger partial charge in [-0.05, 0) is 11.6 Å². The molecule has 3 rings (SSSR count). The number of hydrogen-bond donors (Lipinski definition) is 1. The highest BCUT2D eigenvalue weighted by molar-refractivity contribution is 7.99. The zero-order valence-corrected chi connectivity index (χ0v) is 17.3. The number of amides is 1. The van der Waals surface area contributed by atoms with Crippen molar-refractivity contribution in [2.45, 2.75) is 5.16 Å². The van der Waals surface area contributed by atoms with Crippen LogP contribution in [0.4, 0.5) is 5.69 Å². The first-order valence-electron chi connectivity index (χ1n) is 8.44. The van der Waals surface area contributed by atoms with Crippen molar-refractivity contribution in [1.29, 1.82) is 0 Å². The van der Waals surface area contributed by atoms with E-state index in [0.717, 1.165) is 16.4 Å². The summed E-state index contributed by atoms with van der Waals surface area (Å²) in [5, 5.41) is 3.97. The largest absolute Gasteiger partial charge is 0.495 e. The van der Waals surface area contributed by atoms with Gasteiger partial charge in [0.15, 0.2) is 5.16 Å². The highest BCUT2D eigenvalue weighted by Crippen LogP contribution is 2.36. The molecule has 1 heterocycles. The molecule has 1 aromatic heterocycles. The minimum Gasteiger partial charge on any atom is -0.495 e. The number of nitrogens with one attached hydrogen (secondary N) is 1. The van der Waals surface area contributed by atoms with E-state index in [2.05, 4.69) is 10.3 Å². The lowest BCUT2D eigenvalue weighted by molar-refractivity contribution is -0.113. The maximum Gasteiger partial charge on any atom is 0.234 e. The summed E-state index contributed by atoms with van der Waals surface area (Å²) in [6, 6.07) is 13.2. The Kier molecular flexibility index (Phi) is 6.49.